The lowest BCUT2D eigenvalue weighted by molar-refractivity contribution is 0.558. The van der Waals surface area contributed by atoms with Crippen LogP contribution in [0.2, 0.25) is 0 Å². The smallest absolute Gasteiger partial charge is 0.181 e. The van der Waals surface area contributed by atoms with Crippen LogP contribution in [-0.2, 0) is 5.41 Å². The van der Waals surface area contributed by atoms with Crippen LogP contribution in [0.3, 0.4) is 0 Å². The fraction of sp³-hybridized carbons (Fsp3) is 0.192. The normalized spacial score (nSPS) is 11.8. The molecule has 0 radical (unpaired) electrons. The maximum absolute atomic E-state index is 5.37. The number of thioether (sulfide) groups is 1. The summed E-state index contributed by atoms with van der Waals surface area (Å²) in [6.07, 6.45) is 5.41. The van der Waals surface area contributed by atoms with Gasteiger partial charge in [-0.2, -0.15) is 0 Å². The lowest BCUT2D eigenvalue weighted by Gasteiger charge is -2.31. The minimum atomic E-state index is -0.717. The third kappa shape index (κ3) is 4.24. The Morgan fingerprint density at radius 1 is 0.867 bits per heavy atom. The number of hydrogen-bond donors (Lipinski definition) is 0. The molecule has 0 amide bonds. The van der Waals surface area contributed by atoms with Gasteiger partial charge in [0.25, 0.3) is 0 Å². The molecule has 0 spiro atoms. The summed E-state index contributed by atoms with van der Waals surface area (Å²) >= 11 is 1.77. The number of aromatic nitrogens is 1. The summed E-state index contributed by atoms with van der Waals surface area (Å²) in [4.78, 5) is 5.76. The van der Waals surface area contributed by atoms with Gasteiger partial charge in [-0.05, 0) is 53.2 Å². The average molecular weight is 432 g/mol. The van der Waals surface area contributed by atoms with E-state index < -0.39 is 7.92 Å². The SMILES string of the molecule is CSc1cc(-c2cocn2)c(C(C)(C)C)c(P(c2ccccc2)c2ccccc2)c1. The van der Waals surface area contributed by atoms with Gasteiger partial charge >= 0.3 is 0 Å². The highest BCUT2D eigenvalue weighted by Crippen LogP contribution is 2.42. The number of rotatable bonds is 5. The molecule has 0 unspecified atom stereocenters. The molecule has 4 rings (SSSR count). The van der Waals surface area contributed by atoms with E-state index in [0.29, 0.717) is 0 Å². The quantitative estimate of drug-likeness (QED) is 0.281. The van der Waals surface area contributed by atoms with Gasteiger partial charge in [-0.15, -0.1) is 11.8 Å². The van der Waals surface area contributed by atoms with Gasteiger partial charge in [-0.1, -0.05) is 81.4 Å². The fourth-order valence-corrected chi connectivity index (χ4v) is 7.11. The van der Waals surface area contributed by atoms with E-state index >= 15 is 0 Å². The third-order valence-corrected chi connectivity index (χ3v) is 8.23. The summed E-state index contributed by atoms with van der Waals surface area (Å²) in [5.74, 6) is 0. The van der Waals surface area contributed by atoms with Crippen LogP contribution < -0.4 is 15.9 Å². The molecule has 0 aliphatic heterocycles. The lowest BCUT2D eigenvalue weighted by atomic mass is 9.83. The maximum atomic E-state index is 5.37. The Balaban J connectivity index is 2.07. The van der Waals surface area contributed by atoms with E-state index in [0.717, 1.165) is 11.3 Å². The summed E-state index contributed by atoms with van der Waals surface area (Å²) in [6, 6.07) is 26.4. The highest BCUT2D eigenvalue weighted by molar-refractivity contribution is 7.98. The Bertz CT molecular complexity index is 1060. The molecule has 4 aromatic rings. The molecule has 1 heterocycles. The monoisotopic (exact) mass is 431 g/mol. The van der Waals surface area contributed by atoms with Crippen LogP contribution in [0.15, 0.2) is 94.8 Å². The zero-order valence-electron chi connectivity index (χ0n) is 17.8. The predicted octanol–water partition coefficient (Wildman–Crippen LogP) is 6.12. The van der Waals surface area contributed by atoms with Gasteiger partial charge in [0.05, 0.1) is 0 Å². The maximum Gasteiger partial charge on any atom is 0.181 e. The van der Waals surface area contributed by atoms with Crippen molar-refractivity contribution in [3.63, 3.8) is 0 Å². The van der Waals surface area contributed by atoms with E-state index in [4.69, 9.17) is 4.42 Å². The molecule has 0 aliphatic rings. The Morgan fingerprint density at radius 3 is 1.93 bits per heavy atom. The van der Waals surface area contributed by atoms with Gasteiger partial charge < -0.3 is 4.42 Å². The zero-order valence-corrected chi connectivity index (χ0v) is 19.5. The van der Waals surface area contributed by atoms with Crippen LogP contribution in [0.5, 0.6) is 0 Å². The first-order valence-corrected chi connectivity index (χ1v) is 12.6. The molecule has 0 fully saturated rings. The first-order valence-electron chi connectivity index (χ1n) is 10.0. The second-order valence-electron chi connectivity index (χ2n) is 8.20. The van der Waals surface area contributed by atoms with Crippen molar-refractivity contribution in [1.82, 2.24) is 4.98 Å². The minimum Gasteiger partial charge on any atom is -0.451 e. The second kappa shape index (κ2) is 8.79. The van der Waals surface area contributed by atoms with Gasteiger partial charge in [-0.3, -0.25) is 0 Å². The van der Waals surface area contributed by atoms with Crippen molar-refractivity contribution < 1.29 is 4.42 Å². The Kier molecular flexibility index (Phi) is 6.13. The topological polar surface area (TPSA) is 26.0 Å². The van der Waals surface area contributed by atoms with E-state index in [9.17, 15) is 0 Å². The van der Waals surface area contributed by atoms with Gasteiger partial charge in [0.2, 0.25) is 0 Å². The summed E-state index contributed by atoms with van der Waals surface area (Å²) in [6.45, 7) is 6.87. The molecule has 152 valence electrons. The van der Waals surface area contributed by atoms with Crippen molar-refractivity contribution >= 4 is 35.6 Å². The number of nitrogens with zero attached hydrogens (tertiary/aromatic N) is 1. The molecule has 0 saturated carbocycles. The molecular weight excluding hydrogens is 405 g/mol. The molecule has 1 aromatic heterocycles. The summed E-state index contributed by atoms with van der Waals surface area (Å²) in [7, 11) is -0.717. The van der Waals surface area contributed by atoms with Gasteiger partial charge in [-0.25, -0.2) is 4.98 Å². The molecule has 0 atom stereocenters. The van der Waals surface area contributed by atoms with Crippen LogP contribution in [0, 0.1) is 0 Å². The van der Waals surface area contributed by atoms with Crippen LogP contribution in [0.25, 0.3) is 11.3 Å². The average Bonchev–Trinajstić information content (AvgIpc) is 3.29. The summed E-state index contributed by atoms with van der Waals surface area (Å²) in [5.41, 5.74) is 3.35. The molecule has 30 heavy (non-hydrogen) atoms. The second-order valence-corrected chi connectivity index (χ2v) is 11.3. The van der Waals surface area contributed by atoms with Crippen molar-refractivity contribution in [3.8, 4) is 11.3 Å². The van der Waals surface area contributed by atoms with Crippen LogP contribution >= 0.6 is 19.7 Å². The number of benzene rings is 3. The van der Waals surface area contributed by atoms with Crippen molar-refractivity contribution in [2.75, 3.05) is 6.26 Å². The van der Waals surface area contributed by atoms with E-state index in [1.807, 2.05) is 0 Å². The highest BCUT2D eigenvalue weighted by Gasteiger charge is 2.29. The minimum absolute atomic E-state index is 0.0509. The van der Waals surface area contributed by atoms with E-state index in [-0.39, 0.29) is 5.41 Å². The van der Waals surface area contributed by atoms with E-state index in [1.165, 1.54) is 32.8 Å². The third-order valence-electron chi connectivity index (χ3n) is 5.05. The molecule has 0 aliphatic carbocycles. The summed E-state index contributed by atoms with van der Waals surface area (Å²) in [5, 5.41) is 4.10. The molecule has 2 nitrogen and oxygen atoms in total. The van der Waals surface area contributed by atoms with Crippen molar-refractivity contribution in [2.24, 2.45) is 0 Å². The molecule has 3 aromatic carbocycles. The highest BCUT2D eigenvalue weighted by atomic mass is 32.2. The number of oxazole rings is 1. The molecule has 0 N–H and O–H groups in total. The van der Waals surface area contributed by atoms with E-state index in [2.05, 4.69) is 105 Å². The molecule has 0 saturated heterocycles. The Hall–Kier alpha value is -2.35. The molecular formula is C26H26NOPS. The fourth-order valence-electron chi connectivity index (χ4n) is 3.81. The first-order chi connectivity index (χ1) is 14.5. The van der Waals surface area contributed by atoms with Gasteiger partial charge in [0.15, 0.2) is 6.39 Å². The summed E-state index contributed by atoms with van der Waals surface area (Å²) < 4.78 is 5.37. The molecule has 4 heteroatoms. The Morgan fingerprint density at radius 2 is 1.47 bits per heavy atom. The van der Waals surface area contributed by atoms with Gasteiger partial charge in [0.1, 0.15) is 12.0 Å². The van der Waals surface area contributed by atoms with Crippen molar-refractivity contribution in [2.45, 2.75) is 31.1 Å². The first kappa shape index (κ1) is 20.9. The standard InChI is InChI=1S/C26H26NOPS/c1-26(2,3)25-22(23-17-28-18-27-23)15-21(30-4)16-24(25)29(19-11-7-5-8-12-19)20-13-9-6-10-14-20/h5-18H,1-4H3. The Labute approximate surface area is 184 Å². The van der Waals surface area contributed by atoms with Crippen LogP contribution in [0.1, 0.15) is 26.3 Å². The zero-order chi connectivity index (χ0) is 21.1. The number of hydrogen-bond acceptors (Lipinski definition) is 3. The van der Waals surface area contributed by atoms with Crippen molar-refractivity contribution in [3.05, 3.63) is 91.0 Å². The molecule has 0 bridgehead atoms. The van der Waals surface area contributed by atoms with Crippen LogP contribution in [0.4, 0.5) is 0 Å². The largest absolute Gasteiger partial charge is 0.451 e. The predicted molar refractivity (Wildman–Crippen MR) is 131 cm³/mol. The van der Waals surface area contributed by atoms with E-state index in [1.54, 1.807) is 18.0 Å². The lowest BCUT2D eigenvalue weighted by Crippen LogP contribution is -2.29. The van der Waals surface area contributed by atoms with Crippen molar-refractivity contribution in [1.29, 1.82) is 0 Å². The van der Waals surface area contributed by atoms with Crippen LogP contribution in [-0.4, -0.2) is 11.2 Å². The van der Waals surface area contributed by atoms with Gasteiger partial charge in [0, 0.05) is 10.5 Å².